The van der Waals surface area contributed by atoms with Crippen molar-refractivity contribution in [2.24, 2.45) is 4.99 Å². The Kier molecular flexibility index (Phi) is 10.0. The number of halogens is 2. The minimum Gasteiger partial charge on any atom is -0.467 e. The van der Waals surface area contributed by atoms with Crippen molar-refractivity contribution < 1.29 is 9.21 Å². The van der Waals surface area contributed by atoms with E-state index in [0.29, 0.717) is 36.4 Å². The summed E-state index contributed by atoms with van der Waals surface area (Å²) in [6.07, 6.45) is 1.57. The number of carbonyl (C=O) groups excluding carboxylic acids is 1. The van der Waals surface area contributed by atoms with Crippen LogP contribution in [0.1, 0.15) is 18.2 Å². The molecule has 1 aromatic heterocycles. The predicted octanol–water partition coefficient (Wildman–Crippen LogP) is 2.92. The minimum absolute atomic E-state index is 0. The number of rotatable bonds is 7. The normalized spacial score (nSPS) is 10.7. The molecule has 8 heteroatoms. The van der Waals surface area contributed by atoms with Gasteiger partial charge in [-0.05, 0) is 30.7 Å². The highest BCUT2D eigenvalue weighted by Crippen LogP contribution is 2.15. The molecule has 1 aromatic carbocycles. The lowest BCUT2D eigenvalue weighted by Crippen LogP contribution is -2.43. The number of carbonyl (C=O) groups is 1. The maximum Gasteiger partial charge on any atom is 0.239 e. The SMILES string of the molecule is CCNC(=NCc1ccccc1Cl)NCC(=O)NCc1ccco1.I. The number of guanidine groups is 1. The summed E-state index contributed by atoms with van der Waals surface area (Å²) in [5, 5.41) is 9.53. The van der Waals surface area contributed by atoms with E-state index < -0.39 is 0 Å². The van der Waals surface area contributed by atoms with Gasteiger partial charge in [0.25, 0.3) is 0 Å². The fraction of sp³-hybridized carbons (Fsp3) is 0.294. The number of aliphatic imine (C=N–C) groups is 1. The van der Waals surface area contributed by atoms with E-state index in [1.165, 1.54) is 0 Å². The first-order valence-corrected chi connectivity index (χ1v) is 8.11. The summed E-state index contributed by atoms with van der Waals surface area (Å²) in [6, 6.07) is 11.1. The van der Waals surface area contributed by atoms with Gasteiger partial charge in [-0.1, -0.05) is 29.8 Å². The van der Waals surface area contributed by atoms with Crippen molar-refractivity contribution in [2.75, 3.05) is 13.1 Å². The second kappa shape index (κ2) is 11.8. The van der Waals surface area contributed by atoms with Gasteiger partial charge in [0, 0.05) is 11.6 Å². The average molecular weight is 477 g/mol. The molecule has 0 spiro atoms. The minimum atomic E-state index is -0.144. The van der Waals surface area contributed by atoms with Gasteiger partial charge in [0.2, 0.25) is 5.91 Å². The maximum atomic E-state index is 11.9. The van der Waals surface area contributed by atoms with Crippen LogP contribution in [0.5, 0.6) is 0 Å². The molecule has 0 saturated heterocycles. The molecule has 0 aliphatic rings. The molecule has 136 valence electrons. The lowest BCUT2D eigenvalue weighted by atomic mass is 10.2. The number of hydrogen-bond acceptors (Lipinski definition) is 3. The molecule has 1 amide bonds. The molecule has 2 rings (SSSR count). The summed E-state index contributed by atoms with van der Waals surface area (Å²) in [5.41, 5.74) is 0.929. The summed E-state index contributed by atoms with van der Waals surface area (Å²) < 4.78 is 5.16. The fourth-order valence-electron chi connectivity index (χ4n) is 1.96. The molecule has 0 unspecified atom stereocenters. The Hall–Kier alpha value is -1.74. The van der Waals surface area contributed by atoms with E-state index in [9.17, 15) is 4.79 Å². The van der Waals surface area contributed by atoms with Crippen LogP contribution < -0.4 is 16.0 Å². The quantitative estimate of drug-likeness (QED) is 0.326. The Labute approximate surface area is 169 Å². The highest BCUT2D eigenvalue weighted by Gasteiger charge is 2.05. The highest BCUT2D eigenvalue weighted by atomic mass is 127. The van der Waals surface area contributed by atoms with Gasteiger partial charge in [-0.25, -0.2) is 4.99 Å². The fourth-order valence-corrected chi connectivity index (χ4v) is 2.15. The van der Waals surface area contributed by atoms with Crippen molar-refractivity contribution in [3.63, 3.8) is 0 Å². The molecule has 0 bridgehead atoms. The maximum absolute atomic E-state index is 11.9. The van der Waals surface area contributed by atoms with Crippen LogP contribution in [-0.4, -0.2) is 25.0 Å². The zero-order valence-electron chi connectivity index (χ0n) is 13.9. The second-order valence-corrected chi connectivity index (χ2v) is 5.40. The lowest BCUT2D eigenvalue weighted by Gasteiger charge is -2.11. The molecule has 0 fully saturated rings. The van der Waals surface area contributed by atoms with E-state index in [-0.39, 0.29) is 36.4 Å². The number of furan rings is 1. The van der Waals surface area contributed by atoms with Crippen LogP contribution in [-0.2, 0) is 17.9 Å². The van der Waals surface area contributed by atoms with Crippen LogP contribution >= 0.6 is 35.6 Å². The Morgan fingerprint density at radius 3 is 2.64 bits per heavy atom. The van der Waals surface area contributed by atoms with Gasteiger partial charge in [0.15, 0.2) is 5.96 Å². The first kappa shape index (κ1) is 21.3. The predicted molar refractivity (Wildman–Crippen MR) is 110 cm³/mol. The highest BCUT2D eigenvalue weighted by molar-refractivity contribution is 14.0. The Balaban J connectivity index is 0.00000312. The van der Waals surface area contributed by atoms with Crippen LogP contribution in [0, 0.1) is 0 Å². The van der Waals surface area contributed by atoms with Crippen molar-refractivity contribution in [1.82, 2.24) is 16.0 Å². The molecule has 2 aromatic rings. The summed E-state index contributed by atoms with van der Waals surface area (Å²) in [7, 11) is 0. The zero-order valence-corrected chi connectivity index (χ0v) is 17.0. The first-order valence-electron chi connectivity index (χ1n) is 7.73. The first-order chi connectivity index (χ1) is 11.7. The zero-order chi connectivity index (χ0) is 17.2. The van der Waals surface area contributed by atoms with Crippen LogP contribution in [0.25, 0.3) is 0 Å². The van der Waals surface area contributed by atoms with Crippen molar-refractivity contribution in [1.29, 1.82) is 0 Å². The molecule has 0 saturated carbocycles. The number of benzene rings is 1. The summed E-state index contributed by atoms with van der Waals surface area (Å²) in [6.45, 7) is 3.57. The summed E-state index contributed by atoms with van der Waals surface area (Å²) in [5.74, 6) is 1.13. The molecule has 1 heterocycles. The Morgan fingerprint density at radius 2 is 1.96 bits per heavy atom. The van der Waals surface area contributed by atoms with E-state index in [0.717, 1.165) is 5.56 Å². The van der Waals surface area contributed by atoms with Crippen LogP contribution in [0.15, 0.2) is 52.1 Å². The Morgan fingerprint density at radius 1 is 1.16 bits per heavy atom. The van der Waals surface area contributed by atoms with Gasteiger partial charge in [0.1, 0.15) is 5.76 Å². The monoisotopic (exact) mass is 476 g/mol. The molecular formula is C17H22ClIN4O2. The van der Waals surface area contributed by atoms with E-state index in [1.807, 2.05) is 37.3 Å². The average Bonchev–Trinajstić information content (AvgIpc) is 3.10. The third kappa shape index (κ3) is 7.78. The lowest BCUT2D eigenvalue weighted by molar-refractivity contribution is -0.120. The third-order valence-electron chi connectivity index (χ3n) is 3.17. The molecule has 25 heavy (non-hydrogen) atoms. The van der Waals surface area contributed by atoms with Crippen molar-refractivity contribution in [2.45, 2.75) is 20.0 Å². The Bertz CT molecular complexity index is 677. The molecule has 0 aliphatic carbocycles. The van der Waals surface area contributed by atoms with E-state index in [2.05, 4.69) is 20.9 Å². The van der Waals surface area contributed by atoms with Gasteiger partial charge < -0.3 is 20.4 Å². The van der Waals surface area contributed by atoms with Crippen LogP contribution in [0.3, 0.4) is 0 Å². The van der Waals surface area contributed by atoms with Gasteiger partial charge in [0.05, 0.1) is 25.9 Å². The molecule has 0 atom stereocenters. The largest absolute Gasteiger partial charge is 0.467 e. The van der Waals surface area contributed by atoms with Crippen molar-refractivity contribution in [3.8, 4) is 0 Å². The van der Waals surface area contributed by atoms with E-state index >= 15 is 0 Å². The van der Waals surface area contributed by atoms with E-state index in [4.69, 9.17) is 16.0 Å². The number of nitrogens with one attached hydrogen (secondary N) is 3. The molecule has 0 aliphatic heterocycles. The standard InChI is InChI=1S/C17H21ClN4O2.HI/c1-2-19-17(21-10-13-6-3-4-8-15(13)18)22-12-16(23)20-11-14-7-5-9-24-14;/h3-9H,2,10-12H2,1H3,(H,20,23)(H2,19,21,22);1H. The van der Waals surface area contributed by atoms with Gasteiger partial charge in [-0.2, -0.15) is 0 Å². The molecule has 6 nitrogen and oxygen atoms in total. The summed E-state index contributed by atoms with van der Waals surface area (Å²) in [4.78, 5) is 16.3. The number of nitrogens with zero attached hydrogens (tertiary/aromatic N) is 1. The number of amides is 1. The van der Waals surface area contributed by atoms with Crippen molar-refractivity contribution >= 4 is 47.4 Å². The van der Waals surface area contributed by atoms with Crippen LogP contribution in [0.2, 0.25) is 5.02 Å². The molecule has 0 radical (unpaired) electrons. The molecule has 3 N–H and O–H groups in total. The third-order valence-corrected chi connectivity index (χ3v) is 3.53. The topological polar surface area (TPSA) is 78.7 Å². The van der Waals surface area contributed by atoms with Gasteiger partial charge in [-0.3, -0.25) is 4.79 Å². The smallest absolute Gasteiger partial charge is 0.239 e. The molecular weight excluding hydrogens is 455 g/mol. The van der Waals surface area contributed by atoms with Gasteiger partial charge >= 0.3 is 0 Å². The second-order valence-electron chi connectivity index (χ2n) is 5.00. The van der Waals surface area contributed by atoms with Gasteiger partial charge in [-0.15, -0.1) is 24.0 Å². The van der Waals surface area contributed by atoms with Crippen LogP contribution in [0.4, 0.5) is 0 Å². The van der Waals surface area contributed by atoms with Crippen molar-refractivity contribution in [3.05, 3.63) is 59.0 Å². The summed E-state index contributed by atoms with van der Waals surface area (Å²) >= 11 is 6.12. The number of hydrogen-bond donors (Lipinski definition) is 3. The van der Waals surface area contributed by atoms with E-state index in [1.54, 1.807) is 12.3 Å².